The number of hydrogen-bond donors (Lipinski definition) is 0. The van der Waals surface area contributed by atoms with Gasteiger partial charge < -0.3 is 4.55 Å². The number of hydrogen-bond acceptors (Lipinski definition) is 5. The molecule has 2 aromatic rings. The van der Waals surface area contributed by atoms with Crippen LogP contribution in [0.15, 0.2) is 54.6 Å². The molecule has 110 valence electrons. The molecule has 0 aromatic heterocycles. The summed E-state index contributed by atoms with van der Waals surface area (Å²) < 4.78 is 23.1. The molecule has 0 heterocycles. The molecular formula is C13H11N2O5S-. The van der Waals surface area contributed by atoms with Crippen LogP contribution >= 0.6 is 0 Å². The number of benzene rings is 2. The molecule has 2 rings (SSSR count). The fourth-order valence-electron chi connectivity index (χ4n) is 1.61. The Kier molecular flexibility index (Phi) is 4.99. The molecule has 0 bridgehead atoms. The molecule has 0 N–H and O–H groups in total. The largest absolute Gasteiger partial charge is 0.753 e. The number of nitrogens with zero attached hydrogens (tertiary/aromatic N) is 2. The van der Waals surface area contributed by atoms with Crippen molar-refractivity contribution in [2.75, 3.05) is 4.47 Å². The van der Waals surface area contributed by atoms with Gasteiger partial charge in [0, 0.05) is 12.1 Å². The fourth-order valence-corrected chi connectivity index (χ4v) is 2.04. The van der Waals surface area contributed by atoms with Gasteiger partial charge in [-0.15, -0.1) is 0 Å². The molecule has 0 saturated carbocycles. The van der Waals surface area contributed by atoms with Crippen molar-refractivity contribution in [3.8, 4) is 0 Å². The topological polar surface area (TPSA) is 95.7 Å². The van der Waals surface area contributed by atoms with Crippen molar-refractivity contribution in [3.63, 3.8) is 0 Å². The van der Waals surface area contributed by atoms with Crippen molar-refractivity contribution in [2.24, 2.45) is 0 Å². The highest BCUT2D eigenvalue weighted by Crippen LogP contribution is 2.21. The van der Waals surface area contributed by atoms with Crippen LogP contribution in [0.2, 0.25) is 0 Å². The Balaban J connectivity index is 2.11. The maximum Gasteiger partial charge on any atom is 0.269 e. The third-order valence-corrected chi connectivity index (χ3v) is 3.19. The van der Waals surface area contributed by atoms with E-state index in [-0.39, 0.29) is 18.0 Å². The Bertz CT molecular complexity index is 633. The van der Waals surface area contributed by atoms with Crippen LogP contribution in [-0.4, -0.2) is 13.7 Å². The summed E-state index contributed by atoms with van der Waals surface area (Å²) in [6.07, 6.45) is 0. The second kappa shape index (κ2) is 6.93. The summed E-state index contributed by atoms with van der Waals surface area (Å²) in [7, 11) is 0. The van der Waals surface area contributed by atoms with Gasteiger partial charge in [-0.3, -0.25) is 15.0 Å². The lowest BCUT2D eigenvalue weighted by Gasteiger charge is -2.24. The first kappa shape index (κ1) is 15.1. The van der Waals surface area contributed by atoms with Crippen molar-refractivity contribution in [3.05, 3.63) is 70.3 Å². The SMILES string of the molecule is O=[N+]([O-])c1ccc(N(OCc2ccccc2)S(=O)[O-])cc1. The summed E-state index contributed by atoms with van der Waals surface area (Å²) in [4.78, 5) is 15.2. The monoisotopic (exact) mass is 307 g/mol. The van der Waals surface area contributed by atoms with Crippen molar-refractivity contribution >= 4 is 22.6 Å². The molecule has 1 atom stereocenters. The molecule has 0 aliphatic carbocycles. The predicted molar refractivity (Wildman–Crippen MR) is 75.7 cm³/mol. The van der Waals surface area contributed by atoms with E-state index in [2.05, 4.69) is 0 Å². The van der Waals surface area contributed by atoms with E-state index >= 15 is 0 Å². The molecule has 8 heteroatoms. The zero-order valence-corrected chi connectivity index (χ0v) is 11.6. The van der Waals surface area contributed by atoms with Crippen LogP contribution in [0.3, 0.4) is 0 Å². The molecule has 0 aliphatic rings. The van der Waals surface area contributed by atoms with Gasteiger partial charge in [-0.05, 0) is 17.7 Å². The second-order valence-corrected chi connectivity index (χ2v) is 4.77. The Labute approximate surface area is 123 Å². The van der Waals surface area contributed by atoms with Gasteiger partial charge in [0.05, 0.1) is 21.9 Å². The van der Waals surface area contributed by atoms with Gasteiger partial charge >= 0.3 is 0 Å². The zero-order chi connectivity index (χ0) is 15.2. The first-order valence-corrected chi connectivity index (χ1v) is 6.92. The lowest BCUT2D eigenvalue weighted by Crippen LogP contribution is -2.25. The third kappa shape index (κ3) is 4.09. The molecular weight excluding hydrogens is 296 g/mol. The highest BCUT2D eigenvalue weighted by atomic mass is 32.2. The normalized spacial score (nSPS) is 11.9. The first-order chi connectivity index (χ1) is 10.1. The number of nitro groups is 1. The first-order valence-electron chi connectivity index (χ1n) is 5.89. The average Bonchev–Trinajstić information content (AvgIpc) is 2.48. The summed E-state index contributed by atoms with van der Waals surface area (Å²) >= 11 is -2.65. The van der Waals surface area contributed by atoms with Crippen LogP contribution in [0.5, 0.6) is 0 Å². The molecule has 1 unspecified atom stereocenters. The van der Waals surface area contributed by atoms with E-state index < -0.39 is 16.2 Å². The van der Waals surface area contributed by atoms with E-state index in [0.29, 0.717) is 4.47 Å². The Morgan fingerprint density at radius 1 is 1.10 bits per heavy atom. The summed E-state index contributed by atoms with van der Waals surface area (Å²) in [5.41, 5.74) is 0.859. The van der Waals surface area contributed by atoms with Gasteiger partial charge in [-0.25, -0.2) is 4.21 Å². The lowest BCUT2D eigenvalue weighted by atomic mass is 10.2. The van der Waals surface area contributed by atoms with Crippen molar-refractivity contribution < 1.29 is 18.5 Å². The van der Waals surface area contributed by atoms with Crippen molar-refractivity contribution in [1.29, 1.82) is 0 Å². The Morgan fingerprint density at radius 3 is 2.24 bits per heavy atom. The zero-order valence-electron chi connectivity index (χ0n) is 10.7. The van der Waals surface area contributed by atoms with Crippen LogP contribution in [0.25, 0.3) is 0 Å². The van der Waals surface area contributed by atoms with Gasteiger partial charge in [0.25, 0.3) is 5.69 Å². The van der Waals surface area contributed by atoms with Gasteiger partial charge in [-0.2, -0.15) is 4.47 Å². The minimum atomic E-state index is -2.65. The number of rotatable bonds is 6. The minimum Gasteiger partial charge on any atom is -0.753 e. The fraction of sp³-hybridized carbons (Fsp3) is 0.0769. The highest BCUT2D eigenvalue weighted by Gasteiger charge is 2.11. The Morgan fingerprint density at radius 2 is 1.71 bits per heavy atom. The van der Waals surface area contributed by atoms with E-state index in [1.807, 2.05) is 18.2 Å². The van der Waals surface area contributed by atoms with Crippen LogP contribution in [-0.2, 0) is 22.7 Å². The number of nitro benzene ring substituents is 1. The molecule has 0 aliphatic heterocycles. The minimum absolute atomic E-state index is 0.0613. The summed E-state index contributed by atoms with van der Waals surface area (Å²) in [5.74, 6) is 0. The third-order valence-electron chi connectivity index (χ3n) is 2.60. The predicted octanol–water partition coefficient (Wildman–Crippen LogP) is 2.33. The molecule has 21 heavy (non-hydrogen) atoms. The molecule has 0 fully saturated rings. The summed E-state index contributed by atoms with van der Waals surface area (Å²) in [5, 5.41) is 10.6. The number of anilines is 1. The maximum atomic E-state index is 11.2. The maximum absolute atomic E-state index is 11.2. The van der Waals surface area contributed by atoms with Crippen LogP contribution in [0.4, 0.5) is 11.4 Å². The van der Waals surface area contributed by atoms with Crippen LogP contribution < -0.4 is 4.47 Å². The quantitative estimate of drug-likeness (QED) is 0.463. The van der Waals surface area contributed by atoms with Crippen molar-refractivity contribution in [2.45, 2.75) is 6.61 Å². The van der Waals surface area contributed by atoms with E-state index in [9.17, 15) is 18.9 Å². The second-order valence-electron chi connectivity index (χ2n) is 4.01. The van der Waals surface area contributed by atoms with Crippen LogP contribution in [0, 0.1) is 10.1 Å². The van der Waals surface area contributed by atoms with E-state index in [0.717, 1.165) is 5.56 Å². The Hall–Kier alpha value is -2.29. The van der Waals surface area contributed by atoms with E-state index in [1.165, 1.54) is 24.3 Å². The summed E-state index contributed by atoms with van der Waals surface area (Å²) in [6.45, 7) is 0.0613. The van der Waals surface area contributed by atoms with E-state index in [1.54, 1.807) is 12.1 Å². The molecule has 0 radical (unpaired) electrons. The molecule has 2 aromatic carbocycles. The highest BCUT2D eigenvalue weighted by molar-refractivity contribution is 7.80. The lowest BCUT2D eigenvalue weighted by molar-refractivity contribution is -0.384. The smallest absolute Gasteiger partial charge is 0.269 e. The molecule has 0 amide bonds. The van der Waals surface area contributed by atoms with Crippen molar-refractivity contribution in [1.82, 2.24) is 0 Å². The van der Waals surface area contributed by atoms with Gasteiger partial charge in [-0.1, -0.05) is 30.3 Å². The van der Waals surface area contributed by atoms with Gasteiger partial charge in [0.15, 0.2) is 0 Å². The van der Waals surface area contributed by atoms with Gasteiger partial charge in [0.1, 0.15) is 6.61 Å². The van der Waals surface area contributed by atoms with E-state index in [4.69, 9.17) is 4.84 Å². The molecule has 7 nitrogen and oxygen atoms in total. The van der Waals surface area contributed by atoms with Crippen LogP contribution in [0.1, 0.15) is 5.56 Å². The summed E-state index contributed by atoms with van der Waals surface area (Å²) in [6, 6.07) is 14.1. The molecule has 0 spiro atoms. The standard InChI is InChI=1S/C13H12N2O5S/c16-14(17)12-6-8-13(9-7-12)15(21(18)19)20-10-11-4-2-1-3-5-11/h1-9H,10H2,(H,18,19)/p-1. The van der Waals surface area contributed by atoms with Gasteiger partial charge in [0.2, 0.25) is 0 Å². The molecule has 0 saturated heterocycles. The number of non-ortho nitro benzene ring substituents is 1. The average molecular weight is 307 g/mol.